The first kappa shape index (κ1) is 16.4. The van der Waals surface area contributed by atoms with E-state index >= 15 is 0 Å². The minimum absolute atomic E-state index is 0.189. The highest BCUT2D eigenvalue weighted by Gasteiger charge is 2.27. The van der Waals surface area contributed by atoms with Gasteiger partial charge in [0.25, 0.3) is 0 Å². The number of hydrogen-bond donors (Lipinski definition) is 2. The third-order valence-electron chi connectivity index (χ3n) is 4.48. The molecule has 0 aromatic heterocycles. The van der Waals surface area contributed by atoms with E-state index in [2.05, 4.69) is 13.8 Å². The summed E-state index contributed by atoms with van der Waals surface area (Å²) in [7, 11) is 0. The first-order valence-electron chi connectivity index (χ1n) is 7.61. The lowest BCUT2D eigenvalue weighted by Crippen LogP contribution is -2.45. The van der Waals surface area contributed by atoms with Crippen molar-refractivity contribution in [3.05, 3.63) is 0 Å². The Morgan fingerprint density at radius 2 is 2.11 bits per heavy atom. The maximum absolute atomic E-state index is 12.2. The van der Waals surface area contributed by atoms with E-state index in [9.17, 15) is 9.90 Å². The van der Waals surface area contributed by atoms with Crippen molar-refractivity contribution < 1.29 is 9.90 Å². The summed E-state index contributed by atoms with van der Waals surface area (Å²) in [6.45, 7) is 8.41. The molecule has 1 rings (SSSR count). The summed E-state index contributed by atoms with van der Waals surface area (Å²) in [5, 5.41) is 9.84. The SMILES string of the molecule is CC(C)C(CCN)CCC(=O)N1CCC(C)C(O)C1. The van der Waals surface area contributed by atoms with Gasteiger partial charge >= 0.3 is 0 Å². The smallest absolute Gasteiger partial charge is 0.222 e. The van der Waals surface area contributed by atoms with Gasteiger partial charge in [-0.1, -0.05) is 20.8 Å². The minimum atomic E-state index is -0.359. The Labute approximate surface area is 117 Å². The van der Waals surface area contributed by atoms with Crippen LogP contribution >= 0.6 is 0 Å². The second kappa shape index (κ2) is 7.85. The zero-order valence-electron chi connectivity index (χ0n) is 12.6. The molecule has 0 radical (unpaired) electrons. The third-order valence-corrected chi connectivity index (χ3v) is 4.48. The number of carbonyl (C=O) groups is 1. The molecule has 0 spiro atoms. The van der Waals surface area contributed by atoms with Crippen molar-refractivity contribution in [2.75, 3.05) is 19.6 Å². The second-order valence-corrected chi connectivity index (χ2v) is 6.29. The molecule has 3 N–H and O–H groups in total. The van der Waals surface area contributed by atoms with Gasteiger partial charge in [-0.3, -0.25) is 4.79 Å². The molecule has 0 aromatic rings. The number of β-amino-alcohol motifs (C(OH)–C–C–N with tert-alkyl or cyclic N) is 1. The number of nitrogens with zero attached hydrogens (tertiary/aromatic N) is 1. The predicted molar refractivity (Wildman–Crippen MR) is 77.6 cm³/mol. The Morgan fingerprint density at radius 3 is 2.63 bits per heavy atom. The van der Waals surface area contributed by atoms with E-state index in [0.717, 1.165) is 25.8 Å². The zero-order valence-corrected chi connectivity index (χ0v) is 12.6. The van der Waals surface area contributed by atoms with Crippen LogP contribution in [0.25, 0.3) is 0 Å². The molecule has 1 amide bonds. The van der Waals surface area contributed by atoms with Crippen molar-refractivity contribution in [2.45, 2.75) is 52.6 Å². The molecular formula is C15H30N2O2. The van der Waals surface area contributed by atoms with Crippen molar-refractivity contribution in [3.8, 4) is 0 Å². The Balaban J connectivity index is 2.38. The maximum Gasteiger partial charge on any atom is 0.222 e. The van der Waals surface area contributed by atoms with Crippen LogP contribution in [-0.4, -0.2) is 41.7 Å². The van der Waals surface area contributed by atoms with Crippen molar-refractivity contribution in [1.29, 1.82) is 0 Å². The monoisotopic (exact) mass is 270 g/mol. The van der Waals surface area contributed by atoms with E-state index in [1.54, 1.807) is 0 Å². The second-order valence-electron chi connectivity index (χ2n) is 6.29. The van der Waals surface area contributed by atoms with Crippen LogP contribution in [0.4, 0.5) is 0 Å². The van der Waals surface area contributed by atoms with Crippen molar-refractivity contribution >= 4 is 5.91 Å². The molecule has 0 bridgehead atoms. The van der Waals surface area contributed by atoms with Gasteiger partial charge in [0, 0.05) is 19.5 Å². The van der Waals surface area contributed by atoms with Gasteiger partial charge in [0.1, 0.15) is 0 Å². The molecule has 1 fully saturated rings. The number of nitrogens with two attached hydrogens (primary N) is 1. The number of aliphatic hydroxyl groups is 1. The van der Waals surface area contributed by atoms with Gasteiger partial charge in [-0.2, -0.15) is 0 Å². The van der Waals surface area contributed by atoms with Crippen LogP contribution in [0, 0.1) is 17.8 Å². The summed E-state index contributed by atoms with van der Waals surface area (Å²) in [6, 6.07) is 0. The average molecular weight is 270 g/mol. The molecule has 0 saturated carbocycles. The molecule has 3 atom stereocenters. The Hall–Kier alpha value is -0.610. The lowest BCUT2D eigenvalue weighted by atomic mass is 9.88. The molecule has 1 aliphatic rings. The molecule has 1 heterocycles. The van der Waals surface area contributed by atoms with Crippen LogP contribution in [0.2, 0.25) is 0 Å². The Morgan fingerprint density at radius 1 is 1.42 bits per heavy atom. The summed E-state index contributed by atoms with van der Waals surface area (Å²) < 4.78 is 0. The third kappa shape index (κ3) is 5.11. The van der Waals surface area contributed by atoms with Crippen LogP contribution in [0.15, 0.2) is 0 Å². The number of likely N-dealkylation sites (tertiary alicyclic amines) is 1. The molecule has 19 heavy (non-hydrogen) atoms. The van der Waals surface area contributed by atoms with Crippen LogP contribution in [-0.2, 0) is 4.79 Å². The van der Waals surface area contributed by atoms with Crippen LogP contribution in [0.1, 0.15) is 46.5 Å². The first-order chi connectivity index (χ1) is 8.95. The number of carbonyl (C=O) groups excluding carboxylic acids is 1. The first-order valence-corrected chi connectivity index (χ1v) is 7.61. The van der Waals surface area contributed by atoms with E-state index in [-0.39, 0.29) is 12.0 Å². The van der Waals surface area contributed by atoms with E-state index in [4.69, 9.17) is 5.73 Å². The molecule has 0 aliphatic carbocycles. The summed E-state index contributed by atoms with van der Waals surface area (Å²) in [6.07, 6.45) is 3.04. The normalized spacial score (nSPS) is 25.7. The minimum Gasteiger partial charge on any atom is -0.391 e. The topological polar surface area (TPSA) is 66.6 Å². The van der Waals surface area contributed by atoms with Crippen LogP contribution < -0.4 is 5.73 Å². The van der Waals surface area contributed by atoms with E-state index in [0.29, 0.717) is 37.3 Å². The fraction of sp³-hybridized carbons (Fsp3) is 0.933. The van der Waals surface area contributed by atoms with E-state index < -0.39 is 0 Å². The lowest BCUT2D eigenvalue weighted by Gasteiger charge is -2.34. The Bertz CT molecular complexity index is 281. The molecule has 1 saturated heterocycles. The van der Waals surface area contributed by atoms with Crippen LogP contribution in [0.5, 0.6) is 0 Å². The Kier molecular flexibility index (Phi) is 6.80. The van der Waals surface area contributed by atoms with Crippen molar-refractivity contribution in [2.24, 2.45) is 23.5 Å². The predicted octanol–water partition coefficient (Wildman–Crippen LogP) is 1.62. The molecule has 112 valence electrons. The van der Waals surface area contributed by atoms with E-state index in [1.165, 1.54) is 0 Å². The number of piperidine rings is 1. The molecule has 4 heteroatoms. The molecule has 1 aliphatic heterocycles. The highest BCUT2D eigenvalue weighted by Crippen LogP contribution is 2.22. The van der Waals surface area contributed by atoms with Gasteiger partial charge in [0.2, 0.25) is 5.91 Å². The lowest BCUT2D eigenvalue weighted by molar-refractivity contribution is -0.135. The number of rotatable bonds is 6. The average Bonchev–Trinajstić information content (AvgIpc) is 2.37. The summed E-state index contributed by atoms with van der Waals surface area (Å²) >= 11 is 0. The van der Waals surface area contributed by atoms with Gasteiger partial charge in [-0.25, -0.2) is 0 Å². The maximum atomic E-state index is 12.2. The molecular weight excluding hydrogens is 240 g/mol. The summed E-state index contributed by atoms with van der Waals surface area (Å²) in [4.78, 5) is 14.0. The van der Waals surface area contributed by atoms with Crippen molar-refractivity contribution in [3.63, 3.8) is 0 Å². The highest BCUT2D eigenvalue weighted by atomic mass is 16.3. The highest BCUT2D eigenvalue weighted by molar-refractivity contribution is 5.76. The number of aliphatic hydroxyl groups excluding tert-OH is 1. The zero-order chi connectivity index (χ0) is 14.4. The molecule has 3 unspecified atom stereocenters. The van der Waals surface area contributed by atoms with Crippen LogP contribution in [0.3, 0.4) is 0 Å². The largest absolute Gasteiger partial charge is 0.391 e. The fourth-order valence-electron chi connectivity index (χ4n) is 2.77. The van der Waals surface area contributed by atoms with Gasteiger partial charge < -0.3 is 15.7 Å². The standard InChI is InChI=1S/C15H30N2O2/c1-11(2)13(6-8-16)4-5-15(19)17-9-7-12(3)14(18)10-17/h11-14,18H,4-10,16H2,1-3H3. The van der Waals surface area contributed by atoms with E-state index in [1.807, 2.05) is 11.8 Å². The van der Waals surface area contributed by atoms with Gasteiger partial charge in [-0.05, 0) is 43.6 Å². The van der Waals surface area contributed by atoms with Gasteiger partial charge in [0.15, 0.2) is 0 Å². The number of amides is 1. The number of hydrogen-bond acceptors (Lipinski definition) is 3. The van der Waals surface area contributed by atoms with Gasteiger partial charge in [0.05, 0.1) is 6.10 Å². The quantitative estimate of drug-likeness (QED) is 0.770. The van der Waals surface area contributed by atoms with Crippen molar-refractivity contribution in [1.82, 2.24) is 4.90 Å². The van der Waals surface area contributed by atoms with Gasteiger partial charge in [-0.15, -0.1) is 0 Å². The molecule has 4 nitrogen and oxygen atoms in total. The molecule has 0 aromatic carbocycles. The fourth-order valence-corrected chi connectivity index (χ4v) is 2.77. The summed E-state index contributed by atoms with van der Waals surface area (Å²) in [5.74, 6) is 1.60. The summed E-state index contributed by atoms with van der Waals surface area (Å²) in [5.41, 5.74) is 5.62.